The molecule has 3 heteroatoms. The lowest BCUT2D eigenvalue weighted by molar-refractivity contribution is -0.147. The van der Waals surface area contributed by atoms with Crippen LogP contribution in [0.4, 0.5) is 0 Å². The Morgan fingerprint density at radius 2 is 1.63 bits per heavy atom. The Balaban J connectivity index is 0.000000861. The standard InChI is InChI=1S/C14H18O3.C2H6/c15-13(16)12(11-7-3-1-4-8-11)14(17)9-5-2-6-10-14;1-2/h1,3-4,7-8,12,17H,2,5-6,9-10H2,(H,15,16);1-2H3. The molecule has 1 aliphatic rings. The summed E-state index contributed by atoms with van der Waals surface area (Å²) in [4.78, 5) is 11.4. The normalized spacial score (nSPS) is 18.9. The van der Waals surface area contributed by atoms with Crippen molar-refractivity contribution in [2.45, 2.75) is 57.5 Å². The second-order valence-corrected chi connectivity index (χ2v) is 4.85. The van der Waals surface area contributed by atoms with E-state index in [1.54, 1.807) is 12.1 Å². The molecular weight excluding hydrogens is 240 g/mol. The van der Waals surface area contributed by atoms with Gasteiger partial charge in [-0.1, -0.05) is 63.4 Å². The van der Waals surface area contributed by atoms with E-state index < -0.39 is 17.5 Å². The number of hydrogen-bond acceptors (Lipinski definition) is 2. The first-order valence-electron chi connectivity index (χ1n) is 7.14. The molecule has 1 atom stereocenters. The van der Waals surface area contributed by atoms with Crippen molar-refractivity contribution in [3.05, 3.63) is 35.9 Å². The Morgan fingerprint density at radius 1 is 1.11 bits per heavy atom. The third kappa shape index (κ3) is 3.80. The first-order valence-corrected chi connectivity index (χ1v) is 7.14. The maximum absolute atomic E-state index is 11.4. The van der Waals surface area contributed by atoms with Crippen LogP contribution in [0.25, 0.3) is 0 Å². The Bertz CT molecular complexity index is 380. The summed E-state index contributed by atoms with van der Waals surface area (Å²) in [6.07, 6.45) is 4.07. The Kier molecular flexibility index (Phi) is 6.03. The molecule has 2 N–H and O–H groups in total. The van der Waals surface area contributed by atoms with E-state index in [2.05, 4.69) is 0 Å². The highest BCUT2D eigenvalue weighted by Crippen LogP contribution is 2.39. The second kappa shape index (κ2) is 7.29. The molecule has 0 radical (unpaired) electrons. The molecule has 1 aromatic carbocycles. The van der Waals surface area contributed by atoms with E-state index in [1.165, 1.54) is 0 Å². The fourth-order valence-corrected chi connectivity index (χ4v) is 2.78. The molecule has 0 aromatic heterocycles. The first kappa shape index (κ1) is 15.7. The number of aliphatic hydroxyl groups is 1. The van der Waals surface area contributed by atoms with Gasteiger partial charge in [-0.25, -0.2) is 0 Å². The fraction of sp³-hybridized carbons (Fsp3) is 0.562. The highest BCUT2D eigenvalue weighted by atomic mass is 16.4. The third-order valence-corrected chi connectivity index (χ3v) is 3.64. The number of aliphatic carboxylic acids is 1. The zero-order valence-corrected chi connectivity index (χ0v) is 11.8. The molecule has 1 aliphatic carbocycles. The molecule has 0 heterocycles. The average Bonchev–Trinajstić information content (AvgIpc) is 2.42. The van der Waals surface area contributed by atoms with Gasteiger partial charge < -0.3 is 10.2 Å². The van der Waals surface area contributed by atoms with E-state index in [0.717, 1.165) is 19.3 Å². The topological polar surface area (TPSA) is 57.5 Å². The van der Waals surface area contributed by atoms with Gasteiger partial charge in [0.25, 0.3) is 0 Å². The summed E-state index contributed by atoms with van der Waals surface area (Å²) in [5.41, 5.74) is -0.379. The zero-order chi connectivity index (χ0) is 14.3. The van der Waals surface area contributed by atoms with Gasteiger partial charge in [-0.2, -0.15) is 0 Å². The number of carboxylic acids is 1. The zero-order valence-electron chi connectivity index (χ0n) is 11.8. The Hall–Kier alpha value is -1.35. The summed E-state index contributed by atoms with van der Waals surface area (Å²) in [5, 5.41) is 20.0. The van der Waals surface area contributed by atoms with Crippen molar-refractivity contribution in [2.75, 3.05) is 0 Å². The van der Waals surface area contributed by atoms with Gasteiger partial charge in [0.15, 0.2) is 0 Å². The molecule has 0 amide bonds. The van der Waals surface area contributed by atoms with Gasteiger partial charge in [0, 0.05) is 0 Å². The van der Waals surface area contributed by atoms with Crippen molar-refractivity contribution in [1.29, 1.82) is 0 Å². The van der Waals surface area contributed by atoms with Crippen LogP contribution < -0.4 is 0 Å². The third-order valence-electron chi connectivity index (χ3n) is 3.64. The highest BCUT2D eigenvalue weighted by molar-refractivity contribution is 5.77. The number of rotatable bonds is 3. The predicted molar refractivity (Wildman–Crippen MR) is 76.2 cm³/mol. The van der Waals surface area contributed by atoms with E-state index in [4.69, 9.17) is 0 Å². The smallest absolute Gasteiger partial charge is 0.313 e. The maximum Gasteiger partial charge on any atom is 0.313 e. The summed E-state index contributed by atoms with van der Waals surface area (Å²) < 4.78 is 0. The summed E-state index contributed by atoms with van der Waals surface area (Å²) in [6.45, 7) is 4.00. The van der Waals surface area contributed by atoms with Crippen LogP contribution >= 0.6 is 0 Å². The number of hydrogen-bond donors (Lipinski definition) is 2. The van der Waals surface area contributed by atoms with Crippen molar-refractivity contribution in [1.82, 2.24) is 0 Å². The number of carboxylic acid groups (broad SMARTS) is 1. The molecular formula is C16H24O3. The van der Waals surface area contributed by atoms with E-state index in [9.17, 15) is 15.0 Å². The quantitative estimate of drug-likeness (QED) is 0.877. The van der Waals surface area contributed by atoms with Gasteiger partial charge in [-0.05, 0) is 18.4 Å². The summed E-state index contributed by atoms with van der Waals surface area (Å²) in [5.74, 6) is -1.73. The van der Waals surface area contributed by atoms with Crippen molar-refractivity contribution in [3.63, 3.8) is 0 Å². The lowest BCUT2D eigenvalue weighted by Crippen LogP contribution is -2.42. The minimum Gasteiger partial charge on any atom is -0.481 e. The van der Waals surface area contributed by atoms with Crippen LogP contribution in [-0.4, -0.2) is 21.8 Å². The van der Waals surface area contributed by atoms with Crippen molar-refractivity contribution in [2.24, 2.45) is 0 Å². The first-order chi connectivity index (χ1) is 9.13. The van der Waals surface area contributed by atoms with Crippen LogP contribution in [0.1, 0.15) is 57.4 Å². The summed E-state index contributed by atoms with van der Waals surface area (Å²) in [7, 11) is 0. The van der Waals surface area contributed by atoms with E-state index in [-0.39, 0.29) is 0 Å². The van der Waals surface area contributed by atoms with Crippen LogP contribution in [0.2, 0.25) is 0 Å². The molecule has 3 nitrogen and oxygen atoms in total. The molecule has 1 unspecified atom stereocenters. The Labute approximate surface area is 115 Å². The molecule has 0 aliphatic heterocycles. The minimum absolute atomic E-state index is 0.582. The van der Waals surface area contributed by atoms with Gasteiger partial charge in [0.05, 0.1) is 5.60 Å². The average molecular weight is 264 g/mol. The van der Waals surface area contributed by atoms with E-state index in [0.29, 0.717) is 18.4 Å². The molecule has 2 rings (SSSR count). The van der Waals surface area contributed by atoms with Gasteiger partial charge in [-0.15, -0.1) is 0 Å². The largest absolute Gasteiger partial charge is 0.481 e. The van der Waals surface area contributed by atoms with Crippen LogP contribution in [0.3, 0.4) is 0 Å². The summed E-state index contributed by atoms with van der Waals surface area (Å²) in [6, 6.07) is 9.05. The molecule has 19 heavy (non-hydrogen) atoms. The molecule has 0 spiro atoms. The van der Waals surface area contributed by atoms with Crippen molar-refractivity contribution < 1.29 is 15.0 Å². The second-order valence-electron chi connectivity index (χ2n) is 4.85. The molecule has 1 saturated carbocycles. The van der Waals surface area contributed by atoms with Crippen LogP contribution in [0, 0.1) is 0 Å². The number of carbonyl (C=O) groups is 1. The lowest BCUT2D eigenvalue weighted by Gasteiger charge is -2.37. The Morgan fingerprint density at radius 3 is 2.11 bits per heavy atom. The van der Waals surface area contributed by atoms with Crippen molar-refractivity contribution in [3.8, 4) is 0 Å². The summed E-state index contributed by atoms with van der Waals surface area (Å²) >= 11 is 0. The maximum atomic E-state index is 11.4. The van der Waals surface area contributed by atoms with E-state index >= 15 is 0 Å². The van der Waals surface area contributed by atoms with Gasteiger partial charge in [-0.3, -0.25) is 4.79 Å². The van der Waals surface area contributed by atoms with Gasteiger partial charge >= 0.3 is 5.97 Å². The molecule has 1 aromatic rings. The SMILES string of the molecule is CC.O=C(O)C(c1ccccc1)C1(O)CCCCC1. The highest BCUT2D eigenvalue weighted by Gasteiger charge is 2.43. The van der Waals surface area contributed by atoms with Gasteiger partial charge in [0.1, 0.15) is 5.92 Å². The number of benzene rings is 1. The molecule has 1 fully saturated rings. The monoisotopic (exact) mass is 264 g/mol. The van der Waals surface area contributed by atoms with Crippen LogP contribution in [0.5, 0.6) is 0 Å². The van der Waals surface area contributed by atoms with Crippen molar-refractivity contribution >= 4 is 5.97 Å². The molecule has 0 bridgehead atoms. The van der Waals surface area contributed by atoms with Crippen LogP contribution in [-0.2, 0) is 4.79 Å². The minimum atomic E-state index is -1.08. The van der Waals surface area contributed by atoms with Crippen LogP contribution in [0.15, 0.2) is 30.3 Å². The van der Waals surface area contributed by atoms with Gasteiger partial charge in [0.2, 0.25) is 0 Å². The fourth-order valence-electron chi connectivity index (χ4n) is 2.78. The molecule has 106 valence electrons. The predicted octanol–water partition coefficient (Wildman–Crippen LogP) is 3.58. The lowest BCUT2D eigenvalue weighted by atomic mass is 9.73. The van der Waals surface area contributed by atoms with E-state index in [1.807, 2.05) is 32.0 Å². The molecule has 0 saturated heterocycles.